The molecule has 0 amide bonds. The molecule has 1 heteroatoms. The zero-order valence-corrected chi connectivity index (χ0v) is 14.2. The van der Waals surface area contributed by atoms with Crippen LogP contribution in [0.3, 0.4) is 0 Å². The summed E-state index contributed by atoms with van der Waals surface area (Å²) in [6.07, 6.45) is 2.68. The SMILES string of the molecule is CCC(CC=O)c1cc(C(C)(C)C)cc(C(C)(C)C)c1. The van der Waals surface area contributed by atoms with E-state index in [9.17, 15) is 4.79 Å². The normalized spacial score (nSPS) is 14.2. The summed E-state index contributed by atoms with van der Waals surface area (Å²) in [5.41, 5.74) is 4.32. The van der Waals surface area contributed by atoms with Gasteiger partial charge in [0.05, 0.1) is 0 Å². The van der Waals surface area contributed by atoms with Crippen LogP contribution < -0.4 is 0 Å². The first-order chi connectivity index (χ1) is 9.09. The topological polar surface area (TPSA) is 17.1 Å². The van der Waals surface area contributed by atoms with Crippen LogP contribution >= 0.6 is 0 Å². The molecule has 0 saturated heterocycles. The number of carbonyl (C=O) groups excluding carboxylic acids is 1. The average molecular weight is 274 g/mol. The van der Waals surface area contributed by atoms with Crippen molar-refractivity contribution in [2.45, 2.75) is 78.1 Å². The molecule has 1 aromatic carbocycles. The van der Waals surface area contributed by atoms with Crippen molar-refractivity contribution in [2.24, 2.45) is 0 Å². The van der Waals surface area contributed by atoms with E-state index in [-0.39, 0.29) is 10.8 Å². The van der Waals surface area contributed by atoms with Crippen molar-refractivity contribution in [1.29, 1.82) is 0 Å². The molecule has 0 heterocycles. The number of hydrogen-bond donors (Lipinski definition) is 0. The lowest BCUT2D eigenvalue weighted by atomic mass is 9.77. The van der Waals surface area contributed by atoms with E-state index in [0.29, 0.717) is 12.3 Å². The second-order valence-corrected chi connectivity index (χ2v) is 7.85. The summed E-state index contributed by atoms with van der Waals surface area (Å²) in [7, 11) is 0. The molecule has 1 atom stereocenters. The Balaban J connectivity index is 3.40. The van der Waals surface area contributed by atoms with Crippen molar-refractivity contribution in [3.8, 4) is 0 Å². The van der Waals surface area contributed by atoms with Gasteiger partial charge in [-0.3, -0.25) is 0 Å². The Hall–Kier alpha value is -1.11. The Labute approximate surface area is 124 Å². The highest BCUT2D eigenvalue weighted by Crippen LogP contribution is 2.34. The third-order valence-corrected chi connectivity index (χ3v) is 4.03. The van der Waals surface area contributed by atoms with Gasteiger partial charge in [-0.15, -0.1) is 0 Å². The quantitative estimate of drug-likeness (QED) is 0.675. The lowest BCUT2D eigenvalue weighted by Crippen LogP contribution is -2.17. The molecule has 1 rings (SSSR count). The van der Waals surface area contributed by atoms with Crippen molar-refractivity contribution >= 4 is 6.29 Å². The van der Waals surface area contributed by atoms with Gasteiger partial charge >= 0.3 is 0 Å². The molecule has 0 saturated carbocycles. The van der Waals surface area contributed by atoms with E-state index in [1.54, 1.807) is 0 Å². The number of rotatable bonds is 4. The molecule has 112 valence electrons. The van der Waals surface area contributed by atoms with Gasteiger partial charge in [0.15, 0.2) is 0 Å². The fraction of sp³-hybridized carbons (Fsp3) is 0.632. The standard InChI is InChI=1S/C19H30O/c1-8-14(9-10-20)15-11-16(18(2,3)4)13-17(12-15)19(5,6)7/h10-14H,8-9H2,1-7H3. The van der Waals surface area contributed by atoms with Gasteiger partial charge in [0.1, 0.15) is 6.29 Å². The minimum atomic E-state index is 0.134. The zero-order valence-electron chi connectivity index (χ0n) is 14.2. The van der Waals surface area contributed by atoms with Crippen molar-refractivity contribution in [3.63, 3.8) is 0 Å². The van der Waals surface area contributed by atoms with Gasteiger partial charge in [-0.25, -0.2) is 0 Å². The molecule has 1 unspecified atom stereocenters. The van der Waals surface area contributed by atoms with Gasteiger partial charge in [0.2, 0.25) is 0 Å². The summed E-state index contributed by atoms with van der Waals surface area (Å²) in [5, 5.41) is 0. The van der Waals surface area contributed by atoms with Crippen LogP contribution in [0.25, 0.3) is 0 Å². The number of carbonyl (C=O) groups is 1. The van der Waals surface area contributed by atoms with Crippen LogP contribution in [0.2, 0.25) is 0 Å². The predicted molar refractivity (Wildman–Crippen MR) is 87.6 cm³/mol. The van der Waals surface area contributed by atoms with Crippen LogP contribution in [0.4, 0.5) is 0 Å². The second-order valence-electron chi connectivity index (χ2n) is 7.85. The van der Waals surface area contributed by atoms with Crippen LogP contribution in [0, 0.1) is 0 Å². The number of aldehydes is 1. The van der Waals surface area contributed by atoms with Crippen molar-refractivity contribution in [2.75, 3.05) is 0 Å². The van der Waals surface area contributed by atoms with Crippen LogP contribution in [0.1, 0.15) is 83.9 Å². The van der Waals surface area contributed by atoms with Crippen LogP contribution in [-0.2, 0) is 15.6 Å². The number of benzene rings is 1. The van der Waals surface area contributed by atoms with Crippen LogP contribution in [0.5, 0.6) is 0 Å². The first-order valence-corrected chi connectivity index (χ1v) is 7.69. The fourth-order valence-electron chi connectivity index (χ4n) is 2.41. The maximum Gasteiger partial charge on any atom is 0.120 e. The van der Waals surface area contributed by atoms with E-state index in [1.807, 2.05) is 0 Å². The molecule has 0 aliphatic rings. The van der Waals surface area contributed by atoms with Crippen molar-refractivity contribution < 1.29 is 4.79 Å². The Morgan fingerprint density at radius 1 is 0.950 bits per heavy atom. The van der Waals surface area contributed by atoms with E-state index in [1.165, 1.54) is 16.7 Å². The highest BCUT2D eigenvalue weighted by Gasteiger charge is 2.22. The van der Waals surface area contributed by atoms with E-state index < -0.39 is 0 Å². The molecule has 1 aromatic rings. The minimum Gasteiger partial charge on any atom is -0.303 e. The molecule has 20 heavy (non-hydrogen) atoms. The summed E-state index contributed by atoms with van der Waals surface area (Å²) < 4.78 is 0. The van der Waals surface area contributed by atoms with Gasteiger partial charge in [0, 0.05) is 6.42 Å². The first kappa shape index (κ1) is 16.9. The zero-order chi connectivity index (χ0) is 15.6. The highest BCUT2D eigenvalue weighted by atomic mass is 16.1. The first-order valence-electron chi connectivity index (χ1n) is 7.69. The van der Waals surface area contributed by atoms with Gasteiger partial charge in [0.25, 0.3) is 0 Å². The maximum absolute atomic E-state index is 10.9. The Kier molecular flexibility index (Phi) is 5.18. The molecule has 1 nitrogen and oxygen atoms in total. The average Bonchev–Trinajstić information content (AvgIpc) is 2.33. The highest BCUT2D eigenvalue weighted by molar-refractivity contribution is 5.52. The fourth-order valence-corrected chi connectivity index (χ4v) is 2.41. The summed E-state index contributed by atoms with van der Waals surface area (Å²) in [4.78, 5) is 10.9. The van der Waals surface area contributed by atoms with Crippen molar-refractivity contribution in [3.05, 3.63) is 34.9 Å². The molecular weight excluding hydrogens is 244 g/mol. The predicted octanol–water partition coefficient (Wildman–Crippen LogP) is 5.36. The third kappa shape index (κ3) is 4.19. The molecule has 0 spiro atoms. The van der Waals surface area contributed by atoms with E-state index >= 15 is 0 Å². The molecule has 0 aliphatic heterocycles. The molecule has 0 N–H and O–H groups in total. The molecule has 0 aliphatic carbocycles. The molecule has 0 bridgehead atoms. The van der Waals surface area contributed by atoms with Gasteiger partial charge in [-0.2, -0.15) is 0 Å². The Morgan fingerprint density at radius 2 is 1.40 bits per heavy atom. The van der Waals surface area contributed by atoms with Gasteiger partial charge in [-0.05, 0) is 39.9 Å². The van der Waals surface area contributed by atoms with E-state index in [0.717, 1.165) is 12.7 Å². The second kappa shape index (κ2) is 6.11. The molecule has 0 fully saturated rings. The molecule has 0 radical (unpaired) electrons. The van der Waals surface area contributed by atoms with E-state index in [4.69, 9.17) is 0 Å². The largest absolute Gasteiger partial charge is 0.303 e. The summed E-state index contributed by atoms with van der Waals surface area (Å²) in [6.45, 7) is 15.7. The maximum atomic E-state index is 10.9. The van der Waals surface area contributed by atoms with Crippen LogP contribution in [-0.4, -0.2) is 6.29 Å². The van der Waals surface area contributed by atoms with Gasteiger partial charge < -0.3 is 4.79 Å². The summed E-state index contributed by atoms with van der Waals surface area (Å²) >= 11 is 0. The monoisotopic (exact) mass is 274 g/mol. The van der Waals surface area contributed by atoms with Crippen molar-refractivity contribution in [1.82, 2.24) is 0 Å². The molecular formula is C19H30O. The minimum absolute atomic E-state index is 0.134. The number of hydrogen-bond acceptors (Lipinski definition) is 1. The lowest BCUT2D eigenvalue weighted by Gasteiger charge is -2.27. The smallest absolute Gasteiger partial charge is 0.120 e. The Bertz CT molecular complexity index is 425. The van der Waals surface area contributed by atoms with Crippen LogP contribution in [0.15, 0.2) is 18.2 Å². The Morgan fingerprint density at radius 3 is 1.70 bits per heavy atom. The molecule has 0 aromatic heterocycles. The third-order valence-electron chi connectivity index (χ3n) is 4.03. The van der Waals surface area contributed by atoms with Gasteiger partial charge in [-0.1, -0.05) is 66.7 Å². The summed E-state index contributed by atoms with van der Waals surface area (Å²) in [5.74, 6) is 0.343. The summed E-state index contributed by atoms with van der Waals surface area (Å²) in [6, 6.07) is 6.93. The van der Waals surface area contributed by atoms with E-state index in [2.05, 4.69) is 66.7 Å². The lowest BCUT2D eigenvalue weighted by molar-refractivity contribution is -0.108.